The molecule has 0 aliphatic rings. The number of hydrogen-bond acceptors (Lipinski definition) is 3. The quantitative estimate of drug-likeness (QED) is 0.561. The number of anilines is 1. The summed E-state index contributed by atoms with van der Waals surface area (Å²) in [6.07, 6.45) is 12.9. The van der Waals surface area contributed by atoms with Crippen molar-refractivity contribution in [2.45, 2.75) is 26.8 Å². The molecular formula is C20H21BrN4. The summed E-state index contributed by atoms with van der Waals surface area (Å²) in [5.74, 6) is 0.958. The highest BCUT2D eigenvalue weighted by Crippen LogP contribution is 2.27. The molecule has 0 amide bonds. The van der Waals surface area contributed by atoms with Crippen molar-refractivity contribution >= 4 is 32.8 Å². The van der Waals surface area contributed by atoms with Gasteiger partial charge in [0.2, 0.25) is 0 Å². The van der Waals surface area contributed by atoms with Crippen LogP contribution in [-0.2, 0) is 6.54 Å². The van der Waals surface area contributed by atoms with E-state index in [4.69, 9.17) is 0 Å². The van der Waals surface area contributed by atoms with E-state index in [2.05, 4.69) is 75.5 Å². The molecule has 0 aromatic carbocycles. The average molecular weight is 397 g/mol. The lowest BCUT2D eigenvalue weighted by Crippen LogP contribution is -2.06. The molecule has 0 spiro atoms. The summed E-state index contributed by atoms with van der Waals surface area (Å²) in [7, 11) is 0. The third-order valence-corrected chi connectivity index (χ3v) is 4.58. The summed E-state index contributed by atoms with van der Waals surface area (Å²) < 4.78 is 2.90. The van der Waals surface area contributed by atoms with Gasteiger partial charge < -0.3 is 5.32 Å². The average Bonchev–Trinajstić information content (AvgIpc) is 3.02. The van der Waals surface area contributed by atoms with Crippen molar-refractivity contribution in [1.82, 2.24) is 14.6 Å². The zero-order chi connectivity index (χ0) is 17.6. The smallest absolute Gasteiger partial charge is 0.129 e. The molecule has 3 heterocycles. The molecule has 0 bridgehead atoms. The van der Waals surface area contributed by atoms with Gasteiger partial charge in [0.25, 0.3) is 0 Å². The maximum Gasteiger partial charge on any atom is 0.129 e. The predicted molar refractivity (Wildman–Crippen MR) is 108 cm³/mol. The number of aromatic nitrogens is 3. The Morgan fingerprint density at radius 2 is 2.08 bits per heavy atom. The van der Waals surface area contributed by atoms with Gasteiger partial charge in [0.1, 0.15) is 5.82 Å². The number of nitrogens with zero attached hydrogens (tertiary/aromatic N) is 3. The van der Waals surface area contributed by atoms with E-state index in [0.29, 0.717) is 6.54 Å². The van der Waals surface area contributed by atoms with Crippen LogP contribution in [0, 0.1) is 0 Å². The van der Waals surface area contributed by atoms with Crippen molar-refractivity contribution in [2.24, 2.45) is 0 Å². The molecule has 0 radical (unpaired) electrons. The van der Waals surface area contributed by atoms with Gasteiger partial charge >= 0.3 is 0 Å². The lowest BCUT2D eigenvalue weighted by molar-refractivity contribution is 0.942. The Balaban J connectivity index is 2.00. The number of hydrogen-bond donors (Lipinski definition) is 1. The van der Waals surface area contributed by atoms with Crippen molar-refractivity contribution in [3.63, 3.8) is 0 Å². The second-order valence-corrected chi connectivity index (χ2v) is 6.54. The fourth-order valence-corrected chi connectivity index (χ4v) is 3.02. The SMILES string of the molecule is C/C=C(\C=C/CC)c1cc(NCc2ccncc2)n2ncc(Br)c2c1. The standard InChI is InChI=1S/C20H21BrN4/c1-3-5-6-16(4-2)17-11-19-18(21)14-24-25(19)20(12-17)23-13-15-7-9-22-10-8-15/h4-12,14,23H,3,13H2,1-2H3/b6-5-,16-4+. The summed E-state index contributed by atoms with van der Waals surface area (Å²) in [6, 6.07) is 8.32. The predicted octanol–water partition coefficient (Wildman–Crippen LogP) is 5.47. The molecule has 3 rings (SSSR count). The van der Waals surface area contributed by atoms with Gasteiger partial charge in [-0.05, 0) is 70.2 Å². The van der Waals surface area contributed by atoms with Gasteiger partial charge in [-0.3, -0.25) is 4.98 Å². The van der Waals surface area contributed by atoms with E-state index in [1.807, 2.05) is 22.8 Å². The van der Waals surface area contributed by atoms with Crippen LogP contribution in [0.15, 0.2) is 65.6 Å². The van der Waals surface area contributed by atoms with Crippen LogP contribution in [0.2, 0.25) is 0 Å². The molecule has 0 saturated carbocycles. The van der Waals surface area contributed by atoms with E-state index < -0.39 is 0 Å². The summed E-state index contributed by atoms with van der Waals surface area (Å²) in [5, 5.41) is 7.97. The van der Waals surface area contributed by atoms with Crippen LogP contribution in [0.5, 0.6) is 0 Å². The molecule has 3 aromatic rings. The van der Waals surface area contributed by atoms with Crippen LogP contribution >= 0.6 is 15.9 Å². The number of rotatable bonds is 6. The van der Waals surface area contributed by atoms with Gasteiger partial charge in [-0.15, -0.1) is 0 Å². The van der Waals surface area contributed by atoms with Gasteiger partial charge in [0.05, 0.1) is 16.2 Å². The first-order valence-electron chi connectivity index (χ1n) is 8.36. The molecule has 0 saturated heterocycles. The van der Waals surface area contributed by atoms with Gasteiger partial charge in [-0.25, -0.2) is 4.52 Å². The molecule has 0 unspecified atom stereocenters. The summed E-state index contributed by atoms with van der Waals surface area (Å²) in [5.41, 5.74) is 4.58. The number of allylic oxidation sites excluding steroid dienone is 4. The fraction of sp³-hybridized carbons (Fsp3) is 0.200. The van der Waals surface area contributed by atoms with E-state index in [9.17, 15) is 0 Å². The van der Waals surface area contributed by atoms with Crippen LogP contribution in [0.3, 0.4) is 0 Å². The Labute approximate surface area is 156 Å². The zero-order valence-electron chi connectivity index (χ0n) is 14.4. The molecule has 0 fully saturated rings. The molecule has 5 heteroatoms. The number of halogens is 1. The molecular weight excluding hydrogens is 376 g/mol. The van der Waals surface area contributed by atoms with Gasteiger partial charge in [-0.2, -0.15) is 5.10 Å². The van der Waals surface area contributed by atoms with Gasteiger partial charge in [-0.1, -0.05) is 25.2 Å². The maximum absolute atomic E-state index is 4.48. The van der Waals surface area contributed by atoms with Crippen LogP contribution < -0.4 is 5.32 Å². The van der Waals surface area contributed by atoms with Crippen LogP contribution in [0.1, 0.15) is 31.4 Å². The third kappa shape index (κ3) is 3.99. The molecule has 0 atom stereocenters. The lowest BCUT2D eigenvalue weighted by atomic mass is 10.1. The monoisotopic (exact) mass is 396 g/mol. The second-order valence-electron chi connectivity index (χ2n) is 5.68. The lowest BCUT2D eigenvalue weighted by Gasteiger charge is -2.12. The van der Waals surface area contributed by atoms with Crippen molar-refractivity contribution in [3.05, 3.63) is 76.7 Å². The van der Waals surface area contributed by atoms with E-state index in [1.165, 1.54) is 11.1 Å². The minimum Gasteiger partial charge on any atom is -0.366 e. The van der Waals surface area contributed by atoms with Crippen LogP contribution in [0.25, 0.3) is 11.1 Å². The van der Waals surface area contributed by atoms with Crippen molar-refractivity contribution < 1.29 is 0 Å². The van der Waals surface area contributed by atoms with Gasteiger partial charge in [0.15, 0.2) is 0 Å². The molecule has 4 nitrogen and oxygen atoms in total. The molecule has 0 aliphatic carbocycles. The number of nitrogens with one attached hydrogen (secondary N) is 1. The summed E-state index contributed by atoms with van der Waals surface area (Å²) in [6.45, 7) is 4.92. The van der Waals surface area contributed by atoms with Gasteiger partial charge in [0, 0.05) is 18.9 Å². The first-order chi connectivity index (χ1) is 12.2. The molecule has 0 aliphatic heterocycles. The van der Waals surface area contributed by atoms with Crippen molar-refractivity contribution in [1.29, 1.82) is 0 Å². The topological polar surface area (TPSA) is 42.2 Å². The Kier molecular flexibility index (Phi) is 5.66. The highest BCUT2D eigenvalue weighted by Gasteiger charge is 2.10. The van der Waals surface area contributed by atoms with Crippen molar-refractivity contribution in [3.8, 4) is 0 Å². The Bertz CT molecular complexity index is 910. The van der Waals surface area contributed by atoms with Crippen molar-refractivity contribution in [2.75, 3.05) is 5.32 Å². The minimum atomic E-state index is 0.717. The molecule has 25 heavy (non-hydrogen) atoms. The summed E-state index contributed by atoms with van der Waals surface area (Å²) >= 11 is 3.60. The van der Waals surface area contributed by atoms with E-state index in [0.717, 1.165) is 27.8 Å². The first kappa shape index (κ1) is 17.4. The Hall–Kier alpha value is -2.40. The highest BCUT2D eigenvalue weighted by atomic mass is 79.9. The highest BCUT2D eigenvalue weighted by molar-refractivity contribution is 9.10. The molecule has 128 valence electrons. The van der Waals surface area contributed by atoms with E-state index in [-0.39, 0.29) is 0 Å². The first-order valence-corrected chi connectivity index (χ1v) is 9.15. The van der Waals surface area contributed by atoms with E-state index >= 15 is 0 Å². The molecule has 1 N–H and O–H groups in total. The maximum atomic E-state index is 4.48. The molecule has 3 aromatic heterocycles. The Morgan fingerprint density at radius 1 is 1.28 bits per heavy atom. The number of pyridine rings is 2. The minimum absolute atomic E-state index is 0.717. The fourth-order valence-electron chi connectivity index (χ4n) is 2.65. The normalized spacial score (nSPS) is 12.2. The largest absolute Gasteiger partial charge is 0.366 e. The van der Waals surface area contributed by atoms with Crippen LogP contribution in [-0.4, -0.2) is 14.6 Å². The number of fused-ring (bicyclic) bond motifs is 1. The van der Waals surface area contributed by atoms with Crippen LogP contribution in [0.4, 0.5) is 5.82 Å². The van der Waals surface area contributed by atoms with E-state index in [1.54, 1.807) is 12.4 Å². The third-order valence-electron chi connectivity index (χ3n) is 3.97. The second kappa shape index (κ2) is 8.12. The zero-order valence-corrected chi connectivity index (χ0v) is 16.0. The summed E-state index contributed by atoms with van der Waals surface area (Å²) in [4.78, 5) is 4.06. The Morgan fingerprint density at radius 3 is 2.80 bits per heavy atom.